The smallest absolute Gasteiger partial charge is 0.0239 e. The topological polar surface area (TPSA) is 0 Å². The molecule has 0 saturated heterocycles. The standard InChI is InChI=1S/C8H9IS/c1-6(10)7-3-2-4-8(9)5-7/h2-6,10H,1H3. The third-order valence-electron chi connectivity index (χ3n) is 1.33. The Kier molecular flexibility index (Phi) is 3.04. The van der Waals surface area contributed by atoms with Gasteiger partial charge in [0.15, 0.2) is 0 Å². The fraction of sp³-hybridized carbons (Fsp3) is 0.250. The first kappa shape index (κ1) is 8.40. The fourth-order valence-electron chi connectivity index (χ4n) is 0.766. The van der Waals surface area contributed by atoms with Gasteiger partial charge < -0.3 is 0 Å². The Morgan fingerprint density at radius 1 is 1.50 bits per heavy atom. The molecule has 1 atom stereocenters. The van der Waals surface area contributed by atoms with Crippen LogP contribution < -0.4 is 0 Å². The second kappa shape index (κ2) is 3.62. The summed E-state index contributed by atoms with van der Waals surface area (Å²) >= 11 is 6.64. The van der Waals surface area contributed by atoms with Crippen molar-refractivity contribution in [2.45, 2.75) is 12.2 Å². The van der Waals surface area contributed by atoms with Crippen molar-refractivity contribution in [1.29, 1.82) is 0 Å². The molecule has 0 heterocycles. The summed E-state index contributed by atoms with van der Waals surface area (Å²) < 4.78 is 1.27. The van der Waals surface area contributed by atoms with Crippen molar-refractivity contribution in [2.75, 3.05) is 0 Å². The molecule has 0 N–H and O–H groups in total. The van der Waals surface area contributed by atoms with Crippen LogP contribution in [0.3, 0.4) is 0 Å². The number of benzene rings is 1. The summed E-state index contributed by atoms with van der Waals surface area (Å²) in [6, 6.07) is 8.39. The highest BCUT2D eigenvalue weighted by Crippen LogP contribution is 2.19. The quantitative estimate of drug-likeness (QED) is 0.584. The minimum absolute atomic E-state index is 0.342. The van der Waals surface area contributed by atoms with Gasteiger partial charge in [-0.2, -0.15) is 12.6 Å². The Morgan fingerprint density at radius 2 is 2.20 bits per heavy atom. The average Bonchev–Trinajstić information content (AvgIpc) is 1.88. The van der Waals surface area contributed by atoms with Gasteiger partial charge in [0.1, 0.15) is 0 Å². The molecule has 1 aromatic carbocycles. The van der Waals surface area contributed by atoms with E-state index in [4.69, 9.17) is 0 Å². The van der Waals surface area contributed by atoms with Crippen LogP contribution in [0.5, 0.6) is 0 Å². The maximum Gasteiger partial charge on any atom is 0.0239 e. The lowest BCUT2D eigenvalue weighted by Crippen LogP contribution is -1.83. The van der Waals surface area contributed by atoms with E-state index in [1.54, 1.807) is 0 Å². The first-order valence-electron chi connectivity index (χ1n) is 3.13. The molecule has 0 aliphatic carbocycles. The first-order chi connectivity index (χ1) is 4.70. The number of halogens is 1. The molecule has 1 rings (SSSR count). The number of hydrogen-bond donors (Lipinski definition) is 1. The minimum atomic E-state index is 0.342. The second-order valence-electron chi connectivity index (χ2n) is 2.23. The zero-order valence-electron chi connectivity index (χ0n) is 5.71. The fourth-order valence-corrected chi connectivity index (χ4v) is 1.49. The van der Waals surface area contributed by atoms with Crippen LogP contribution in [0, 0.1) is 3.57 Å². The lowest BCUT2D eigenvalue weighted by atomic mass is 10.2. The predicted molar refractivity (Wildman–Crippen MR) is 56.6 cm³/mol. The van der Waals surface area contributed by atoms with E-state index in [1.165, 1.54) is 9.13 Å². The highest BCUT2D eigenvalue weighted by molar-refractivity contribution is 14.1. The van der Waals surface area contributed by atoms with Gasteiger partial charge in [0.2, 0.25) is 0 Å². The molecular formula is C8H9IS. The first-order valence-corrected chi connectivity index (χ1v) is 4.73. The molecule has 1 aromatic rings. The van der Waals surface area contributed by atoms with E-state index in [2.05, 4.69) is 66.4 Å². The zero-order valence-corrected chi connectivity index (χ0v) is 8.76. The maximum atomic E-state index is 4.33. The Balaban J connectivity index is 2.96. The molecule has 0 aliphatic heterocycles. The molecule has 0 radical (unpaired) electrons. The molecule has 0 fully saturated rings. The molecule has 0 amide bonds. The van der Waals surface area contributed by atoms with E-state index in [0.29, 0.717) is 5.25 Å². The van der Waals surface area contributed by atoms with Gasteiger partial charge in [-0.05, 0) is 47.2 Å². The molecule has 2 heteroatoms. The highest BCUT2D eigenvalue weighted by atomic mass is 127. The summed E-state index contributed by atoms with van der Waals surface area (Å²) in [6.45, 7) is 2.08. The lowest BCUT2D eigenvalue weighted by molar-refractivity contribution is 1.11. The average molecular weight is 264 g/mol. The Hall–Kier alpha value is 0.300. The predicted octanol–water partition coefficient (Wildman–Crippen LogP) is 3.28. The molecule has 54 valence electrons. The summed E-state index contributed by atoms with van der Waals surface area (Å²) in [4.78, 5) is 0. The zero-order chi connectivity index (χ0) is 7.56. The lowest BCUT2D eigenvalue weighted by Gasteiger charge is -2.03. The van der Waals surface area contributed by atoms with E-state index in [9.17, 15) is 0 Å². The van der Waals surface area contributed by atoms with E-state index >= 15 is 0 Å². The Labute approximate surface area is 80.6 Å². The van der Waals surface area contributed by atoms with Gasteiger partial charge in [-0.15, -0.1) is 0 Å². The molecule has 1 unspecified atom stereocenters. The van der Waals surface area contributed by atoms with Gasteiger partial charge in [0.05, 0.1) is 0 Å². The van der Waals surface area contributed by atoms with Gasteiger partial charge >= 0.3 is 0 Å². The van der Waals surface area contributed by atoms with Crippen LogP contribution in [0.1, 0.15) is 17.7 Å². The van der Waals surface area contributed by atoms with Crippen LogP contribution in [0.25, 0.3) is 0 Å². The maximum absolute atomic E-state index is 4.33. The number of rotatable bonds is 1. The minimum Gasteiger partial charge on any atom is -0.171 e. The second-order valence-corrected chi connectivity index (χ2v) is 4.25. The van der Waals surface area contributed by atoms with E-state index in [-0.39, 0.29) is 0 Å². The largest absolute Gasteiger partial charge is 0.171 e. The van der Waals surface area contributed by atoms with Crippen LogP contribution in [-0.4, -0.2) is 0 Å². The van der Waals surface area contributed by atoms with Crippen molar-refractivity contribution in [3.05, 3.63) is 33.4 Å². The molecule has 0 spiro atoms. The van der Waals surface area contributed by atoms with Gasteiger partial charge in [-0.25, -0.2) is 0 Å². The third-order valence-corrected chi connectivity index (χ3v) is 2.30. The molecule has 0 aromatic heterocycles. The van der Waals surface area contributed by atoms with Gasteiger partial charge in [0, 0.05) is 8.82 Å². The highest BCUT2D eigenvalue weighted by Gasteiger charge is 1.97. The van der Waals surface area contributed by atoms with Gasteiger partial charge in [-0.1, -0.05) is 12.1 Å². The van der Waals surface area contributed by atoms with Crippen LogP contribution in [0.2, 0.25) is 0 Å². The van der Waals surface area contributed by atoms with Gasteiger partial charge in [0.25, 0.3) is 0 Å². The van der Waals surface area contributed by atoms with Crippen molar-refractivity contribution in [2.24, 2.45) is 0 Å². The molecular weight excluding hydrogens is 255 g/mol. The van der Waals surface area contributed by atoms with Crippen molar-refractivity contribution in [3.8, 4) is 0 Å². The van der Waals surface area contributed by atoms with Gasteiger partial charge in [-0.3, -0.25) is 0 Å². The number of hydrogen-bond acceptors (Lipinski definition) is 1. The van der Waals surface area contributed by atoms with Crippen LogP contribution in [0.4, 0.5) is 0 Å². The molecule has 0 nitrogen and oxygen atoms in total. The SMILES string of the molecule is CC(S)c1cccc(I)c1. The Bertz CT molecular complexity index is 220. The van der Waals surface area contributed by atoms with E-state index in [0.717, 1.165) is 0 Å². The summed E-state index contributed by atoms with van der Waals surface area (Å²) in [6.07, 6.45) is 0. The Morgan fingerprint density at radius 3 is 2.60 bits per heavy atom. The molecule has 0 saturated carbocycles. The van der Waals surface area contributed by atoms with Crippen molar-refractivity contribution < 1.29 is 0 Å². The van der Waals surface area contributed by atoms with Crippen LogP contribution in [-0.2, 0) is 0 Å². The normalized spacial score (nSPS) is 13.1. The van der Waals surface area contributed by atoms with Crippen LogP contribution in [0.15, 0.2) is 24.3 Å². The molecule has 10 heavy (non-hydrogen) atoms. The summed E-state index contributed by atoms with van der Waals surface area (Å²) in [5.74, 6) is 0. The molecule has 0 bridgehead atoms. The van der Waals surface area contributed by atoms with Crippen molar-refractivity contribution >= 4 is 35.2 Å². The number of thiol groups is 1. The van der Waals surface area contributed by atoms with Crippen LogP contribution >= 0.6 is 35.2 Å². The molecule has 0 aliphatic rings. The summed E-state index contributed by atoms with van der Waals surface area (Å²) in [5, 5.41) is 0.342. The van der Waals surface area contributed by atoms with Crippen molar-refractivity contribution in [3.63, 3.8) is 0 Å². The monoisotopic (exact) mass is 264 g/mol. The summed E-state index contributed by atoms with van der Waals surface area (Å²) in [7, 11) is 0. The third kappa shape index (κ3) is 2.16. The van der Waals surface area contributed by atoms with E-state index < -0.39 is 0 Å². The summed E-state index contributed by atoms with van der Waals surface area (Å²) in [5.41, 5.74) is 1.29. The van der Waals surface area contributed by atoms with E-state index in [1.807, 2.05) is 0 Å². The van der Waals surface area contributed by atoms with Crippen molar-refractivity contribution in [1.82, 2.24) is 0 Å².